The molecular weight excluding hydrogens is 314 g/mol. The average Bonchev–Trinajstić information content (AvgIpc) is 2.55. The number of carbonyl (C=O) groups excluding carboxylic acids is 1. The summed E-state index contributed by atoms with van der Waals surface area (Å²) in [6.45, 7) is 2.17. The Labute approximate surface area is 136 Å². The lowest BCUT2D eigenvalue weighted by molar-refractivity contribution is -0.144. The zero-order valence-corrected chi connectivity index (χ0v) is 13.7. The molecule has 0 bridgehead atoms. The van der Waals surface area contributed by atoms with Crippen LogP contribution >= 0.6 is 0 Å². The number of carbonyl (C=O) groups is 1. The predicted molar refractivity (Wildman–Crippen MR) is 87.2 cm³/mol. The summed E-state index contributed by atoms with van der Waals surface area (Å²) >= 11 is 0. The second-order valence-electron chi connectivity index (χ2n) is 5.11. The van der Waals surface area contributed by atoms with E-state index in [9.17, 15) is 13.2 Å². The normalized spacial score (nSPS) is 11.2. The van der Waals surface area contributed by atoms with Gasteiger partial charge in [0.15, 0.2) is 0 Å². The molecule has 0 aromatic heterocycles. The highest BCUT2D eigenvalue weighted by Gasteiger charge is 2.13. The molecule has 0 aliphatic carbocycles. The van der Waals surface area contributed by atoms with Gasteiger partial charge in [0.2, 0.25) is 10.0 Å². The summed E-state index contributed by atoms with van der Waals surface area (Å²) in [5.41, 5.74) is 2.03. The van der Waals surface area contributed by atoms with Gasteiger partial charge in [0.1, 0.15) is 6.61 Å². The number of rotatable bonds is 7. The number of ether oxygens (including phenoxy) is 1. The standard InChI is InChI=1S/C17H19NO4S/c1-14-7-9-15(10-8-14)13-22-17(19)11-12-18-23(20,21)16-5-3-2-4-6-16/h2-10,18H,11-13H2,1H3. The van der Waals surface area contributed by atoms with Gasteiger partial charge >= 0.3 is 5.97 Å². The lowest BCUT2D eigenvalue weighted by atomic mass is 10.2. The molecular formula is C17H19NO4S. The first-order chi connectivity index (χ1) is 11.0. The first kappa shape index (κ1) is 17.2. The second-order valence-corrected chi connectivity index (χ2v) is 6.87. The fourth-order valence-corrected chi connectivity index (χ4v) is 2.94. The molecule has 122 valence electrons. The molecule has 0 atom stereocenters. The fourth-order valence-electron chi connectivity index (χ4n) is 1.89. The predicted octanol–water partition coefficient (Wildman–Crippen LogP) is 2.41. The number of hydrogen-bond acceptors (Lipinski definition) is 4. The molecule has 2 rings (SSSR count). The number of hydrogen-bond donors (Lipinski definition) is 1. The molecule has 0 amide bonds. The SMILES string of the molecule is Cc1ccc(COC(=O)CCNS(=O)(=O)c2ccccc2)cc1. The molecule has 0 heterocycles. The van der Waals surface area contributed by atoms with Crippen LogP contribution in [-0.4, -0.2) is 20.9 Å². The van der Waals surface area contributed by atoms with Gasteiger partial charge in [-0.2, -0.15) is 0 Å². The Bertz CT molecular complexity index is 740. The number of nitrogens with one attached hydrogen (secondary N) is 1. The first-order valence-corrected chi connectivity index (χ1v) is 8.71. The van der Waals surface area contributed by atoms with E-state index in [0.717, 1.165) is 11.1 Å². The van der Waals surface area contributed by atoms with Gasteiger partial charge < -0.3 is 4.74 Å². The lowest BCUT2D eigenvalue weighted by Gasteiger charge is -2.07. The number of benzene rings is 2. The Morgan fingerprint density at radius 2 is 1.70 bits per heavy atom. The third kappa shape index (κ3) is 5.50. The minimum atomic E-state index is -3.59. The van der Waals surface area contributed by atoms with E-state index in [1.54, 1.807) is 18.2 Å². The van der Waals surface area contributed by atoms with Crippen molar-refractivity contribution in [1.29, 1.82) is 0 Å². The van der Waals surface area contributed by atoms with Crippen molar-refractivity contribution in [3.8, 4) is 0 Å². The van der Waals surface area contributed by atoms with Crippen LogP contribution in [0.25, 0.3) is 0 Å². The Balaban J connectivity index is 1.75. The second kappa shape index (κ2) is 7.89. The Kier molecular flexibility index (Phi) is 5.90. The molecule has 0 saturated carbocycles. The molecule has 0 spiro atoms. The van der Waals surface area contributed by atoms with Crippen LogP contribution in [0.1, 0.15) is 17.5 Å². The Hall–Kier alpha value is -2.18. The van der Waals surface area contributed by atoms with E-state index in [0.29, 0.717) is 0 Å². The summed E-state index contributed by atoms with van der Waals surface area (Å²) < 4.78 is 31.4. The van der Waals surface area contributed by atoms with Crippen LogP contribution in [0.2, 0.25) is 0 Å². The maximum Gasteiger partial charge on any atom is 0.307 e. The van der Waals surface area contributed by atoms with Crippen LogP contribution in [0.15, 0.2) is 59.5 Å². The van der Waals surface area contributed by atoms with Gasteiger partial charge in [0.25, 0.3) is 0 Å². The van der Waals surface area contributed by atoms with Gasteiger partial charge in [-0.25, -0.2) is 13.1 Å². The first-order valence-electron chi connectivity index (χ1n) is 7.23. The van der Waals surface area contributed by atoms with Crippen LogP contribution in [0.3, 0.4) is 0 Å². The van der Waals surface area contributed by atoms with Gasteiger partial charge in [0.05, 0.1) is 11.3 Å². The van der Waals surface area contributed by atoms with Gasteiger partial charge in [-0.15, -0.1) is 0 Å². The molecule has 0 saturated heterocycles. The number of sulfonamides is 1. The van der Waals surface area contributed by atoms with Crippen LogP contribution in [-0.2, 0) is 26.2 Å². The van der Waals surface area contributed by atoms with Crippen LogP contribution in [0.4, 0.5) is 0 Å². The minimum absolute atomic E-state index is 0.00393. The van der Waals surface area contributed by atoms with Gasteiger partial charge in [-0.1, -0.05) is 48.0 Å². The van der Waals surface area contributed by atoms with E-state index in [4.69, 9.17) is 4.74 Å². The minimum Gasteiger partial charge on any atom is -0.461 e. The highest BCUT2D eigenvalue weighted by molar-refractivity contribution is 7.89. The third-order valence-electron chi connectivity index (χ3n) is 3.20. The van der Waals surface area contributed by atoms with Crippen molar-refractivity contribution in [2.24, 2.45) is 0 Å². The van der Waals surface area contributed by atoms with Gasteiger partial charge in [0, 0.05) is 6.54 Å². The quantitative estimate of drug-likeness (QED) is 0.790. The number of esters is 1. The lowest BCUT2D eigenvalue weighted by Crippen LogP contribution is -2.26. The zero-order valence-electron chi connectivity index (χ0n) is 12.9. The van der Waals surface area contributed by atoms with Crippen molar-refractivity contribution in [3.05, 3.63) is 65.7 Å². The maximum absolute atomic E-state index is 12.0. The molecule has 6 heteroatoms. The van der Waals surface area contributed by atoms with Crippen molar-refractivity contribution < 1.29 is 17.9 Å². The highest BCUT2D eigenvalue weighted by atomic mass is 32.2. The molecule has 23 heavy (non-hydrogen) atoms. The number of aryl methyl sites for hydroxylation is 1. The zero-order chi connectivity index (χ0) is 16.7. The summed E-state index contributed by atoms with van der Waals surface area (Å²) in [7, 11) is -3.59. The van der Waals surface area contributed by atoms with E-state index >= 15 is 0 Å². The maximum atomic E-state index is 12.0. The molecule has 0 aliphatic heterocycles. The van der Waals surface area contributed by atoms with E-state index in [1.165, 1.54) is 12.1 Å². The molecule has 0 unspecified atom stereocenters. The highest BCUT2D eigenvalue weighted by Crippen LogP contribution is 2.07. The molecule has 0 radical (unpaired) electrons. The van der Waals surface area contributed by atoms with Crippen LogP contribution < -0.4 is 4.72 Å². The molecule has 0 fully saturated rings. The average molecular weight is 333 g/mol. The van der Waals surface area contributed by atoms with Gasteiger partial charge in [-0.3, -0.25) is 4.79 Å². The third-order valence-corrected chi connectivity index (χ3v) is 4.67. The fraction of sp³-hybridized carbons (Fsp3) is 0.235. The summed E-state index contributed by atoms with van der Waals surface area (Å²) in [5, 5.41) is 0. The van der Waals surface area contributed by atoms with E-state index in [1.807, 2.05) is 31.2 Å². The van der Waals surface area contributed by atoms with E-state index < -0.39 is 16.0 Å². The topological polar surface area (TPSA) is 72.5 Å². The van der Waals surface area contributed by atoms with Crippen molar-refractivity contribution in [1.82, 2.24) is 4.72 Å². The molecule has 5 nitrogen and oxygen atoms in total. The summed E-state index contributed by atoms with van der Waals surface area (Å²) in [4.78, 5) is 11.8. The smallest absolute Gasteiger partial charge is 0.307 e. The molecule has 2 aromatic carbocycles. The van der Waals surface area contributed by atoms with Crippen molar-refractivity contribution in [3.63, 3.8) is 0 Å². The Morgan fingerprint density at radius 3 is 2.35 bits per heavy atom. The molecule has 0 aliphatic rings. The molecule has 2 aromatic rings. The summed E-state index contributed by atoms with van der Waals surface area (Å²) in [5.74, 6) is -0.443. The van der Waals surface area contributed by atoms with Crippen molar-refractivity contribution in [2.45, 2.75) is 24.8 Å². The van der Waals surface area contributed by atoms with Crippen molar-refractivity contribution >= 4 is 16.0 Å². The largest absolute Gasteiger partial charge is 0.461 e. The summed E-state index contributed by atoms with van der Waals surface area (Å²) in [6, 6.07) is 15.7. The van der Waals surface area contributed by atoms with Crippen molar-refractivity contribution in [2.75, 3.05) is 6.54 Å². The summed E-state index contributed by atoms with van der Waals surface area (Å²) in [6.07, 6.45) is -0.0159. The van der Waals surface area contributed by atoms with E-state index in [2.05, 4.69) is 4.72 Å². The van der Waals surface area contributed by atoms with Gasteiger partial charge in [-0.05, 0) is 24.6 Å². The monoisotopic (exact) mass is 333 g/mol. The van der Waals surface area contributed by atoms with E-state index in [-0.39, 0.29) is 24.5 Å². The van der Waals surface area contributed by atoms with Crippen LogP contribution in [0.5, 0.6) is 0 Å². The Morgan fingerprint density at radius 1 is 1.04 bits per heavy atom. The molecule has 1 N–H and O–H groups in total. The van der Waals surface area contributed by atoms with Crippen LogP contribution in [0, 0.1) is 6.92 Å².